The number of carbonyl (C=O) groups excluding carboxylic acids is 1. The molecule has 20 heavy (non-hydrogen) atoms. The molecule has 3 nitrogen and oxygen atoms in total. The summed E-state index contributed by atoms with van der Waals surface area (Å²) < 4.78 is 5.24. The van der Waals surface area contributed by atoms with Crippen molar-refractivity contribution in [1.82, 2.24) is 4.98 Å². The second-order valence-electron chi connectivity index (χ2n) is 4.51. The fraction of sp³-hybridized carbons (Fsp3) is 0.250. The van der Waals surface area contributed by atoms with Crippen LogP contribution in [0.15, 0.2) is 41.3 Å². The van der Waals surface area contributed by atoms with Crippen LogP contribution in [0.3, 0.4) is 0 Å². The Morgan fingerprint density at radius 2 is 2.10 bits per heavy atom. The zero-order chi connectivity index (χ0) is 14.5. The second-order valence-corrected chi connectivity index (χ2v) is 5.56. The second kappa shape index (κ2) is 6.57. The quantitative estimate of drug-likeness (QED) is 0.617. The Hall–Kier alpha value is -1.81. The highest BCUT2D eigenvalue weighted by Crippen LogP contribution is 2.25. The smallest absolute Gasteiger partial charge is 0.159 e. The van der Waals surface area contributed by atoms with Crippen molar-refractivity contribution >= 4 is 17.5 Å². The van der Waals surface area contributed by atoms with Crippen molar-refractivity contribution in [3.05, 3.63) is 53.3 Å². The molecule has 0 aliphatic carbocycles. The highest BCUT2D eigenvalue weighted by molar-refractivity contribution is 7.98. The van der Waals surface area contributed by atoms with Crippen molar-refractivity contribution in [2.24, 2.45) is 0 Å². The third kappa shape index (κ3) is 3.84. The van der Waals surface area contributed by atoms with Crippen molar-refractivity contribution in [2.75, 3.05) is 7.11 Å². The molecule has 104 valence electrons. The first kappa shape index (κ1) is 14.6. The molecule has 0 aliphatic heterocycles. The molecule has 1 heterocycles. The van der Waals surface area contributed by atoms with Gasteiger partial charge >= 0.3 is 0 Å². The van der Waals surface area contributed by atoms with Crippen LogP contribution in [0.1, 0.15) is 28.7 Å². The topological polar surface area (TPSA) is 39.2 Å². The summed E-state index contributed by atoms with van der Waals surface area (Å²) in [5.74, 6) is 1.66. The lowest BCUT2D eigenvalue weighted by Gasteiger charge is -2.06. The Kier molecular flexibility index (Phi) is 4.79. The number of Topliss-reactive ketones (excluding diaryl/α,β-unsaturated/α-hetero) is 1. The van der Waals surface area contributed by atoms with E-state index in [1.54, 1.807) is 25.8 Å². The van der Waals surface area contributed by atoms with Gasteiger partial charge < -0.3 is 4.74 Å². The number of carbonyl (C=O) groups is 1. The number of hydrogen-bond donors (Lipinski definition) is 0. The van der Waals surface area contributed by atoms with Gasteiger partial charge in [0, 0.05) is 34.0 Å². The molecule has 0 spiro atoms. The highest BCUT2D eigenvalue weighted by Gasteiger charge is 2.04. The van der Waals surface area contributed by atoms with E-state index >= 15 is 0 Å². The molecular weight excluding hydrogens is 270 g/mol. The summed E-state index contributed by atoms with van der Waals surface area (Å²) in [6.07, 6.45) is 0. The lowest BCUT2D eigenvalue weighted by atomic mass is 10.2. The predicted octanol–water partition coefficient (Wildman–Crippen LogP) is 3.89. The van der Waals surface area contributed by atoms with Gasteiger partial charge in [0.05, 0.1) is 12.8 Å². The van der Waals surface area contributed by atoms with E-state index in [0.29, 0.717) is 0 Å². The van der Waals surface area contributed by atoms with E-state index in [4.69, 9.17) is 4.74 Å². The third-order valence-corrected chi connectivity index (χ3v) is 3.87. The molecule has 0 N–H and O–H groups in total. The summed E-state index contributed by atoms with van der Waals surface area (Å²) in [5, 5.41) is 0. The summed E-state index contributed by atoms with van der Waals surface area (Å²) in [5.41, 5.74) is 2.65. The number of pyridine rings is 1. The molecule has 0 unspecified atom stereocenters. The normalized spacial score (nSPS) is 10.3. The maximum absolute atomic E-state index is 11.4. The molecule has 0 bridgehead atoms. The van der Waals surface area contributed by atoms with Crippen LogP contribution in [0.2, 0.25) is 0 Å². The van der Waals surface area contributed by atoms with Gasteiger partial charge in [-0.15, -0.1) is 11.8 Å². The SMILES string of the molecule is COc1cc(C)nc(CSc2cccc(C(C)=O)c2)c1. The first-order valence-electron chi connectivity index (χ1n) is 6.34. The summed E-state index contributed by atoms with van der Waals surface area (Å²) in [6.45, 7) is 3.53. The number of rotatable bonds is 5. The maximum atomic E-state index is 11.4. The number of ketones is 1. The molecule has 1 aromatic heterocycles. The fourth-order valence-corrected chi connectivity index (χ4v) is 2.70. The van der Waals surface area contributed by atoms with Gasteiger partial charge in [-0.25, -0.2) is 0 Å². The van der Waals surface area contributed by atoms with Gasteiger partial charge in [-0.2, -0.15) is 0 Å². The number of methoxy groups -OCH3 is 1. The molecule has 2 aromatic rings. The average molecular weight is 287 g/mol. The molecule has 0 fully saturated rings. The van der Waals surface area contributed by atoms with Crippen LogP contribution in [0.4, 0.5) is 0 Å². The number of aryl methyl sites for hydroxylation is 1. The van der Waals surface area contributed by atoms with E-state index in [0.717, 1.165) is 33.3 Å². The summed E-state index contributed by atoms with van der Waals surface area (Å²) in [4.78, 5) is 16.9. The molecule has 4 heteroatoms. The number of ether oxygens (including phenoxy) is 1. The van der Waals surface area contributed by atoms with E-state index in [1.165, 1.54) is 0 Å². The highest BCUT2D eigenvalue weighted by atomic mass is 32.2. The minimum Gasteiger partial charge on any atom is -0.497 e. The standard InChI is InChI=1S/C16H17NO2S/c1-11-7-15(19-3)9-14(17-11)10-20-16-6-4-5-13(8-16)12(2)18/h4-9H,10H2,1-3H3. The Bertz CT molecular complexity index is 626. The Labute approximate surface area is 123 Å². The first-order valence-corrected chi connectivity index (χ1v) is 7.32. The summed E-state index contributed by atoms with van der Waals surface area (Å²) >= 11 is 1.66. The number of nitrogens with zero attached hydrogens (tertiary/aromatic N) is 1. The number of benzene rings is 1. The van der Waals surface area contributed by atoms with E-state index < -0.39 is 0 Å². The molecular formula is C16H17NO2S. The van der Waals surface area contributed by atoms with Crippen LogP contribution in [0.5, 0.6) is 5.75 Å². The van der Waals surface area contributed by atoms with Crippen LogP contribution in [-0.4, -0.2) is 17.9 Å². The number of hydrogen-bond acceptors (Lipinski definition) is 4. The Morgan fingerprint density at radius 1 is 1.30 bits per heavy atom. The van der Waals surface area contributed by atoms with Gasteiger partial charge in [-0.3, -0.25) is 9.78 Å². The monoisotopic (exact) mass is 287 g/mol. The number of aromatic nitrogens is 1. The molecule has 0 atom stereocenters. The molecule has 0 radical (unpaired) electrons. The zero-order valence-electron chi connectivity index (χ0n) is 11.8. The van der Waals surface area contributed by atoms with Crippen molar-refractivity contribution in [2.45, 2.75) is 24.5 Å². The Balaban J connectivity index is 2.10. The molecule has 0 saturated carbocycles. The lowest BCUT2D eigenvalue weighted by molar-refractivity contribution is 0.101. The molecule has 1 aromatic carbocycles. The van der Waals surface area contributed by atoms with E-state index in [9.17, 15) is 4.79 Å². The summed E-state index contributed by atoms with van der Waals surface area (Å²) in [7, 11) is 1.65. The number of thioether (sulfide) groups is 1. The molecule has 2 rings (SSSR count). The molecule has 0 amide bonds. The zero-order valence-corrected chi connectivity index (χ0v) is 12.7. The van der Waals surface area contributed by atoms with Gasteiger partial charge in [0.2, 0.25) is 0 Å². The minimum atomic E-state index is 0.0859. The van der Waals surface area contributed by atoms with E-state index in [2.05, 4.69) is 4.98 Å². The lowest BCUT2D eigenvalue weighted by Crippen LogP contribution is -1.94. The van der Waals surface area contributed by atoms with Crippen LogP contribution >= 0.6 is 11.8 Å². The van der Waals surface area contributed by atoms with Gasteiger partial charge in [0.25, 0.3) is 0 Å². The molecule has 0 aliphatic rings. The Morgan fingerprint density at radius 3 is 2.80 bits per heavy atom. The van der Waals surface area contributed by atoms with Crippen molar-refractivity contribution in [1.29, 1.82) is 0 Å². The van der Waals surface area contributed by atoms with Crippen LogP contribution in [-0.2, 0) is 5.75 Å². The van der Waals surface area contributed by atoms with Crippen LogP contribution < -0.4 is 4.74 Å². The van der Waals surface area contributed by atoms with E-state index in [-0.39, 0.29) is 5.78 Å². The van der Waals surface area contributed by atoms with Crippen molar-refractivity contribution < 1.29 is 9.53 Å². The predicted molar refractivity (Wildman–Crippen MR) is 81.5 cm³/mol. The van der Waals surface area contributed by atoms with Crippen LogP contribution in [0.25, 0.3) is 0 Å². The van der Waals surface area contributed by atoms with Gasteiger partial charge in [-0.05, 0) is 26.0 Å². The van der Waals surface area contributed by atoms with Gasteiger partial charge in [0.1, 0.15) is 5.75 Å². The van der Waals surface area contributed by atoms with Gasteiger partial charge in [0.15, 0.2) is 5.78 Å². The minimum absolute atomic E-state index is 0.0859. The third-order valence-electron chi connectivity index (χ3n) is 2.84. The maximum Gasteiger partial charge on any atom is 0.159 e. The van der Waals surface area contributed by atoms with Gasteiger partial charge in [-0.1, -0.05) is 12.1 Å². The average Bonchev–Trinajstić information content (AvgIpc) is 2.44. The fourth-order valence-electron chi connectivity index (χ4n) is 1.86. The van der Waals surface area contributed by atoms with Crippen molar-refractivity contribution in [3.63, 3.8) is 0 Å². The first-order chi connectivity index (χ1) is 9.58. The largest absolute Gasteiger partial charge is 0.497 e. The van der Waals surface area contributed by atoms with E-state index in [1.807, 2.05) is 43.3 Å². The summed E-state index contributed by atoms with van der Waals surface area (Å²) in [6, 6.07) is 11.5. The van der Waals surface area contributed by atoms with Crippen LogP contribution in [0, 0.1) is 6.92 Å². The molecule has 0 saturated heterocycles. The van der Waals surface area contributed by atoms with Crippen molar-refractivity contribution in [3.8, 4) is 5.75 Å².